The van der Waals surface area contributed by atoms with Crippen molar-refractivity contribution in [3.05, 3.63) is 29.0 Å². The highest BCUT2D eigenvalue weighted by molar-refractivity contribution is 6.33. The number of amides is 1. The van der Waals surface area contributed by atoms with Crippen molar-refractivity contribution in [3.63, 3.8) is 0 Å². The minimum Gasteiger partial charge on any atom is -0.351 e. The Morgan fingerprint density at radius 3 is 2.88 bits per heavy atom. The van der Waals surface area contributed by atoms with Crippen LogP contribution in [0.15, 0.2) is 18.5 Å². The Hall–Kier alpha value is -1.09. The van der Waals surface area contributed by atoms with Crippen LogP contribution in [0.25, 0.3) is 0 Å². The van der Waals surface area contributed by atoms with Gasteiger partial charge in [0.2, 0.25) is 0 Å². The zero-order valence-corrected chi connectivity index (χ0v) is 10.8. The summed E-state index contributed by atoms with van der Waals surface area (Å²) < 4.78 is 0. The number of nitrogens with zero attached hydrogens (tertiary/aromatic N) is 1. The molecule has 0 aromatic carbocycles. The summed E-state index contributed by atoms with van der Waals surface area (Å²) in [4.78, 5) is 15.8. The van der Waals surface area contributed by atoms with E-state index >= 15 is 0 Å². The molecular weight excluding hydrogens is 236 g/mol. The molecule has 0 bridgehead atoms. The second-order valence-electron chi connectivity index (χ2n) is 5.06. The molecule has 17 heavy (non-hydrogen) atoms. The lowest BCUT2D eigenvalue weighted by molar-refractivity contribution is 0.0934. The molecular formula is C13H17ClN2O. The van der Waals surface area contributed by atoms with Crippen LogP contribution in [0, 0.1) is 5.41 Å². The maximum Gasteiger partial charge on any atom is 0.254 e. The van der Waals surface area contributed by atoms with Crippen LogP contribution in [-0.2, 0) is 0 Å². The Labute approximate surface area is 107 Å². The summed E-state index contributed by atoms with van der Waals surface area (Å²) in [5.41, 5.74) is 0.709. The average molecular weight is 253 g/mol. The molecule has 1 N–H and O–H groups in total. The van der Waals surface area contributed by atoms with Crippen LogP contribution in [0.3, 0.4) is 0 Å². The maximum absolute atomic E-state index is 11.9. The first-order valence-electron chi connectivity index (χ1n) is 5.98. The molecule has 0 atom stereocenters. The van der Waals surface area contributed by atoms with Crippen molar-refractivity contribution >= 4 is 17.5 Å². The van der Waals surface area contributed by atoms with E-state index in [0.717, 1.165) is 6.54 Å². The third-order valence-electron chi connectivity index (χ3n) is 3.50. The smallest absolute Gasteiger partial charge is 0.254 e. The van der Waals surface area contributed by atoms with E-state index in [2.05, 4.69) is 17.2 Å². The van der Waals surface area contributed by atoms with Gasteiger partial charge >= 0.3 is 0 Å². The number of carbonyl (C=O) groups is 1. The standard InChI is InChI=1S/C13H17ClN2O/c1-13(5-2-3-6-13)9-16-12(17)10-8-15-7-4-11(10)14/h4,7-8H,2-3,5-6,9H2,1H3,(H,16,17). The normalized spacial score (nSPS) is 18.0. The zero-order chi connectivity index (χ0) is 12.3. The molecule has 1 fully saturated rings. The van der Waals surface area contributed by atoms with Crippen molar-refractivity contribution in [2.24, 2.45) is 5.41 Å². The molecule has 3 nitrogen and oxygen atoms in total. The maximum atomic E-state index is 11.9. The number of hydrogen-bond acceptors (Lipinski definition) is 2. The van der Waals surface area contributed by atoms with Crippen molar-refractivity contribution in [2.75, 3.05) is 6.54 Å². The van der Waals surface area contributed by atoms with E-state index in [1.54, 1.807) is 12.3 Å². The predicted octanol–water partition coefficient (Wildman–Crippen LogP) is 3.05. The molecule has 4 heteroatoms. The lowest BCUT2D eigenvalue weighted by Gasteiger charge is -2.23. The minimum atomic E-state index is -0.128. The molecule has 2 rings (SSSR count). The van der Waals surface area contributed by atoms with Crippen LogP contribution in [0.4, 0.5) is 0 Å². The van der Waals surface area contributed by atoms with E-state index < -0.39 is 0 Å². The van der Waals surface area contributed by atoms with Crippen LogP contribution >= 0.6 is 11.6 Å². The fourth-order valence-corrected chi connectivity index (χ4v) is 2.53. The van der Waals surface area contributed by atoms with Crippen LogP contribution in [0.5, 0.6) is 0 Å². The highest BCUT2D eigenvalue weighted by Gasteiger charge is 2.29. The molecule has 1 aliphatic carbocycles. The fraction of sp³-hybridized carbons (Fsp3) is 0.538. The van der Waals surface area contributed by atoms with Gasteiger partial charge in [-0.2, -0.15) is 0 Å². The Bertz CT molecular complexity index is 414. The van der Waals surface area contributed by atoms with Gasteiger partial charge in [-0.3, -0.25) is 9.78 Å². The fourth-order valence-electron chi connectivity index (χ4n) is 2.34. The van der Waals surface area contributed by atoms with E-state index in [0.29, 0.717) is 10.6 Å². The first kappa shape index (κ1) is 12.4. The van der Waals surface area contributed by atoms with Gasteiger partial charge < -0.3 is 5.32 Å². The van der Waals surface area contributed by atoms with Gasteiger partial charge in [-0.1, -0.05) is 31.4 Å². The lowest BCUT2D eigenvalue weighted by Crippen LogP contribution is -2.34. The Morgan fingerprint density at radius 2 is 2.24 bits per heavy atom. The summed E-state index contributed by atoms with van der Waals surface area (Å²) in [6.07, 6.45) is 7.99. The largest absolute Gasteiger partial charge is 0.351 e. The molecule has 0 unspecified atom stereocenters. The highest BCUT2D eigenvalue weighted by atomic mass is 35.5. The van der Waals surface area contributed by atoms with Gasteiger partial charge in [0.15, 0.2) is 0 Å². The van der Waals surface area contributed by atoms with Crippen molar-refractivity contribution in [1.29, 1.82) is 0 Å². The van der Waals surface area contributed by atoms with Crippen LogP contribution in [-0.4, -0.2) is 17.4 Å². The molecule has 1 saturated carbocycles. The first-order valence-corrected chi connectivity index (χ1v) is 6.36. The Morgan fingerprint density at radius 1 is 1.53 bits per heavy atom. The van der Waals surface area contributed by atoms with Gasteiger partial charge in [-0.25, -0.2) is 0 Å². The molecule has 0 aliphatic heterocycles. The van der Waals surface area contributed by atoms with Gasteiger partial charge in [0, 0.05) is 18.9 Å². The molecule has 0 spiro atoms. The number of carbonyl (C=O) groups excluding carboxylic acids is 1. The summed E-state index contributed by atoms with van der Waals surface area (Å²) in [5, 5.41) is 3.41. The van der Waals surface area contributed by atoms with Crippen LogP contribution < -0.4 is 5.32 Å². The highest BCUT2D eigenvalue weighted by Crippen LogP contribution is 2.36. The number of halogens is 1. The van der Waals surface area contributed by atoms with Crippen molar-refractivity contribution in [1.82, 2.24) is 10.3 Å². The van der Waals surface area contributed by atoms with Gasteiger partial charge in [0.25, 0.3) is 5.91 Å². The molecule has 0 radical (unpaired) electrons. The second-order valence-corrected chi connectivity index (χ2v) is 5.46. The van der Waals surface area contributed by atoms with E-state index in [4.69, 9.17) is 11.6 Å². The Kier molecular flexibility index (Phi) is 3.67. The number of pyridine rings is 1. The van der Waals surface area contributed by atoms with E-state index in [9.17, 15) is 4.79 Å². The van der Waals surface area contributed by atoms with Crippen LogP contribution in [0.1, 0.15) is 43.0 Å². The van der Waals surface area contributed by atoms with Crippen LogP contribution in [0.2, 0.25) is 5.02 Å². The van der Waals surface area contributed by atoms with Crippen molar-refractivity contribution in [2.45, 2.75) is 32.6 Å². The summed E-state index contributed by atoms with van der Waals surface area (Å²) in [7, 11) is 0. The monoisotopic (exact) mass is 252 g/mol. The number of rotatable bonds is 3. The number of aromatic nitrogens is 1. The lowest BCUT2D eigenvalue weighted by atomic mass is 9.89. The molecule has 1 heterocycles. The predicted molar refractivity (Wildman–Crippen MR) is 68.2 cm³/mol. The van der Waals surface area contributed by atoms with Gasteiger partial charge in [0.1, 0.15) is 0 Å². The molecule has 0 saturated heterocycles. The summed E-state index contributed by atoms with van der Waals surface area (Å²) in [6.45, 7) is 2.95. The molecule has 1 amide bonds. The minimum absolute atomic E-state index is 0.128. The quantitative estimate of drug-likeness (QED) is 0.899. The number of nitrogens with one attached hydrogen (secondary N) is 1. The zero-order valence-electron chi connectivity index (χ0n) is 10.0. The van der Waals surface area contributed by atoms with Gasteiger partial charge in [-0.15, -0.1) is 0 Å². The topological polar surface area (TPSA) is 42.0 Å². The van der Waals surface area contributed by atoms with E-state index in [-0.39, 0.29) is 11.3 Å². The van der Waals surface area contributed by atoms with Crippen molar-refractivity contribution < 1.29 is 4.79 Å². The summed E-state index contributed by atoms with van der Waals surface area (Å²) in [6, 6.07) is 1.63. The SMILES string of the molecule is CC1(CNC(=O)c2cnccc2Cl)CCCC1. The average Bonchev–Trinajstić information content (AvgIpc) is 2.74. The third-order valence-corrected chi connectivity index (χ3v) is 3.83. The summed E-state index contributed by atoms with van der Waals surface area (Å²) in [5.74, 6) is -0.128. The van der Waals surface area contributed by atoms with E-state index in [1.165, 1.54) is 31.9 Å². The van der Waals surface area contributed by atoms with Crippen molar-refractivity contribution in [3.8, 4) is 0 Å². The second kappa shape index (κ2) is 5.05. The third kappa shape index (κ3) is 2.97. The molecule has 1 aromatic heterocycles. The molecule has 1 aromatic rings. The molecule has 1 aliphatic rings. The first-order chi connectivity index (χ1) is 8.11. The summed E-state index contributed by atoms with van der Waals surface area (Å²) >= 11 is 5.95. The van der Waals surface area contributed by atoms with Gasteiger partial charge in [0.05, 0.1) is 10.6 Å². The molecule has 92 valence electrons. The Balaban J connectivity index is 1.96. The van der Waals surface area contributed by atoms with E-state index in [1.807, 2.05) is 0 Å². The van der Waals surface area contributed by atoms with Gasteiger partial charge in [-0.05, 0) is 24.3 Å². The number of hydrogen-bond donors (Lipinski definition) is 1.